The number of nitrogens with zero attached hydrogens (tertiary/aromatic N) is 1. The highest BCUT2D eigenvalue weighted by Crippen LogP contribution is 2.28. The molecule has 1 aromatic heterocycles. The number of aromatic nitrogens is 1. The second-order valence-corrected chi connectivity index (χ2v) is 5.82. The first-order chi connectivity index (χ1) is 10.0. The van der Waals surface area contributed by atoms with E-state index in [-0.39, 0.29) is 13.0 Å². The molecule has 3 N–H and O–H groups in total. The minimum absolute atomic E-state index is 0.113. The quantitative estimate of drug-likeness (QED) is 0.894. The zero-order chi connectivity index (χ0) is 17.0. The van der Waals surface area contributed by atoms with E-state index in [0.717, 1.165) is 12.3 Å². The fourth-order valence-electron chi connectivity index (χ4n) is 1.63. The first kappa shape index (κ1) is 18.2. The summed E-state index contributed by atoms with van der Waals surface area (Å²) in [6, 6.07) is 1.74. The molecule has 5 nitrogen and oxygen atoms in total. The van der Waals surface area contributed by atoms with E-state index in [1.807, 2.05) is 0 Å². The Balaban J connectivity index is 2.65. The van der Waals surface area contributed by atoms with Crippen molar-refractivity contribution in [3.05, 3.63) is 29.6 Å². The van der Waals surface area contributed by atoms with Gasteiger partial charge < -0.3 is 15.8 Å². The molecule has 22 heavy (non-hydrogen) atoms. The van der Waals surface area contributed by atoms with Crippen LogP contribution in [0.15, 0.2) is 18.3 Å². The lowest BCUT2D eigenvalue weighted by atomic mass is 10.1. The molecular formula is C14H20F3N3O2. The number of amides is 1. The number of nitrogens with two attached hydrogens (primary N) is 1. The van der Waals surface area contributed by atoms with Crippen LogP contribution in [0.2, 0.25) is 0 Å². The first-order valence-corrected chi connectivity index (χ1v) is 6.73. The summed E-state index contributed by atoms with van der Waals surface area (Å²) >= 11 is 0. The Hall–Kier alpha value is -1.83. The number of rotatable bonds is 4. The van der Waals surface area contributed by atoms with Crippen LogP contribution in [-0.4, -0.2) is 29.3 Å². The maximum absolute atomic E-state index is 12.4. The van der Waals surface area contributed by atoms with Gasteiger partial charge in [-0.05, 0) is 32.9 Å². The molecule has 0 aliphatic heterocycles. The average molecular weight is 319 g/mol. The molecule has 0 bridgehead atoms. The van der Waals surface area contributed by atoms with Crippen molar-refractivity contribution in [2.24, 2.45) is 5.73 Å². The van der Waals surface area contributed by atoms with Gasteiger partial charge in [-0.1, -0.05) is 0 Å². The number of hydrogen-bond acceptors (Lipinski definition) is 4. The number of carbonyl (C=O) groups is 1. The lowest BCUT2D eigenvalue weighted by molar-refractivity contribution is -0.137. The van der Waals surface area contributed by atoms with Gasteiger partial charge in [0.2, 0.25) is 0 Å². The summed E-state index contributed by atoms with van der Waals surface area (Å²) in [5, 5.41) is 2.57. The van der Waals surface area contributed by atoms with Crippen molar-refractivity contribution in [1.82, 2.24) is 10.3 Å². The zero-order valence-electron chi connectivity index (χ0n) is 12.7. The summed E-state index contributed by atoms with van der Waals surface area (Å²) in [6.07, 6.45) is -4.08. The number of ether oxygens (including phenoxy) is 1. The average Bonchev–Trinajstić information content (AvgIpc) is 2.35. The van der Waals surface area contributed by atoms with E-state index in [9.17, 15) is 18.0 Å². The fraction of sp³-hybridized carbons (Fsp3) is 0.571. The predicted molar refractivity (Wildman–Crippen MR) is 75.2 cm³/mol. The normalized spacial score (nSPS) is 13.6. The molecule has 1 aromatic rings. The number of carbonyl (C=O) groups excluding carboxylic acids is 1. The van der Waals surface area contributed by atoms with Crippen molar-refractivity contribution < 1.29 is 22.7 Å². The van der Waals surface area contributed by atoms with Crippen LogP contribution in [0, 0.1) is 0 Å². The van der Waals surface area contributed by atoms with Gasteiger partial charge in [0.1, 0.15) is 5.60 Å². The number of hydrogen-bond donors (Lipinski definition) is 2. The summed E-state index contributed by atoms with van der Waals surface area (Å²) in [7, 11) is 0. The van der Waals surface area contributed by atoms with Gasteiger partial charge in [-0.25, -0.2) is 4.79 Å². The number of nitrogens with one attached hydrogen (secondary N) is 1. The van der Waals surface area contributed by atoms with Gasteiger partial charge in [-0.2, -0.15) is 13.2 Å². The van der Waals surface area contributed by atoms with E-state index in [1.54, 1.807) is 20.8 Å². The number of alkyl halides is 3. The smallest absolute Gasteiger partial charge is 0.417 e. The first-order valence-electron chi connectivity index (χ1n) is 6.73. The summed E-state index contributed by atoms with van der Waals surface area (Å²) < 4.78 is 42.4. The van der Waals surface area contributed by atoms with E-state index in [0.29, 0.717) is 5.69 Å². The molecule has 1 heterocycles. The molecule has 0 aliphatic carbocycles. The van der Waals surface area contributed by atoms with Gasteiger partial charge in [0.05, 0.1) is 5.56 Å². The fourth-order valence-corrected chi connectivity index (χ4v) is 1.63. The van der Waals surface area contributed by atoms with E-state index < -0.39 is 29.5 Å². The lowest BCUT2D eigenvalue weighted by Crippen LogP contribution is -2.44. The van der Waals surface area contributed by atoms with E-state index in [1.165, 1.54) is 6.07 Å². The molecule has 1 amide bonds. The Morgan fingerprint density at radius 3 is 2.41 bits per heavy atom. The second kappa shape index (κ2) is 6.95. The molecule has 1 atom stereocenters. The van der Waals surface area contributed by atoms with Crippen LogP contribution in [0.4, 0.5) is 18.0 Å². The van der Waals surface area contributed by atoms with Crippen molar-refractivity contribution in [2.45, 2.75) is 45.0 Å². The van der Waals surface area contributed by atoms with Crippen LogP contribution < -0.4 is 11.1 Å². The van der Waals surface area contributed by atoms with E-state index >= 15 is 0 Å². The standard InChI is InChI=1S/C14H20F3N3O2/c1-13(2,3)22-12(21)20-11(7-18)6-10-5-4-9(8-19-10)14(15,16)17/h4-5,8,11H,6-7,18H2,1-3H3,(H,20,21). The molecule has 0 radical (unpaired) electrons. The molecule has 0 fully saturated rings. The monoisotopic (exact) mass is 319 g/mol. The number of alkyl carbamates (subject to hydrolysis) is 1. The van der Waals surface area contributed by atoms with Gasteiger partial charge in [-0.3, -0.25) is 4.98 Å². The highest BCUT2D eigenvalue weighted by Gasteiger charge is 2.30. The SMILES string of the molecule is CC(C)(C)OC(=O)NC(CN)Cc1ccc(C(F)(F)F)cn1. The van der Waals surface area contributed by atoms with Crippen molar-refractivity contribution in [3.8, 4) is 0 Å². The largest absolute Gasteiger partial charge is 0.444 e. The summed E-state index contributed by atoms with van der Waals surface area (Å²) in [4.78, 5) is 15.4. The third-order valence-electron chi connectivity index (χ3n) is 2.61. The molecule has 1 unspecified atom stereocenters. The van der Waals surface area contributed by atoms with E-state index in [2.05, 4.69) is 10.3 Å². The van der Waals surface area contributed by atoms with Gasteiger partial charge in [0, 0.05) is 30.9 Å². The maximum Gasteiger partial charge on any atom is 0.417 e. The molecule has 124 valence electrons. The molecule has 0 spiro atoms. The van der Waals surface area contributed by atoms with Crippen LogP contribution in [-0.2, 0) is 17.3 Å². The molecular weight excluding hydrogens is 299 g/mol. The van der Waals surface area contributed by atoms with Crippen molar-refractivity contribution >= 4 is 6.09 Å². The lowest BCUT2D eigenvalue weighted by Gasteiger charge is -2.23. The van der Waals surface area contributed by atoms with Crippen LogP contribution in [0.1, 0.15) is 32.0 Å². The highest BCUT2D eigenvalue weighted by molar-refractivity contribution is 5.68. The Bertz CT molecular complexity index is 496. The Labute approximate surface area is 127 Å². The molecule has 0 aromatic carbocycles. The van der Waals surface area contributed by atoms with Gasteiger partial charge in [0.15, 0.2) is 0 Å². The molecule has 0 saturated heterocycles. The van der Waals surface area contributed by atoms with Gasteiger partial charge in [0.25, 0.3) is 0 Å². The predicted octanol–water partition coefficient (Wildman–Crippen LogP) is 2.49. The molecule has 8 heteroatoms. The summed E-state index contributed by atoms with van der Waals surface area (Å²) in [6.45, 7) is 5.28. The molecule has 0 aliphatic rings. The van der Waals surface area contributed by atoms with Crippen LogP contribution in [0.25, 0.3) is 0 Å². The minimum Gasteiger partial charge on any atom is -0.444 e. The number of pyridine rings is 1. The topological polar surface area (TPSA) is 77.2 Å². The molecule has 1 rings (SSSR count). The van der Waals surface area contributed by atoms with Crippen molar-refractivity contribution in [1.29, 1.82) is 0 Å². The highest BCUT2D eigenvalue weighted by atomic mass is 19.4. The third-order valence-corrected chi connectivity index (χ3v) is 2.61. The van der Waals surface area contributed by atoms with Gasteiger partial charge in [-0.15, -0.1) is 0 Å². The van der Waals surface area contributed by atoms with Crippen LogP contribution >= 0.6 is 0 Å². The maximum atomic E-state index is 12.4. The van der Waals surface area contributed by atoms with Crippen molar-refractivity contribution in [2.75, 3.05) is 6.54 Å². The Morgan fingerprint density at radius 2 is 2.00 bits per heavy atom. The summed E-state index contributed by atoms with van der Waals surface area (Å²) in [5.74, 6) is 0. The third kappa shape index (κ3) is 6.30. The second-order valence-electron chi connectivity index (χ2n) is 5.82. The van der Waals surface area contributed by atoms with Crippen LogP contribution in [0.3, 0.4) is 0 Å². The number of halogens is 3. The van der Waals surface area contributed by atoms with E-state index in [4.69, 9.17) is 10.5 Å². The Kier molecular flexibility index (Phi) is 5.76. The molecule has 0 saturated carbocycles. The Morgan fingerprint density at radius 1 is 1.36 bits per heavy atom. The minimum atomic E-state index is -4.42. The summed E-state index contributed by atoms with van der Waals surface area (Å²) in [5.41, 5.74) is 4.49. The van der Waals surface area contributed by atoms with Gasteiger partial charge >= 0.3 is 12.3 Å². The van der Waals surface area contributed by atoms with Crippen molar-refractivity contribution in [3.63, 3.8) is 0 Å². The zero-order valence-corrected chi connectivity index (χ0v) is 12.7. The van der Waals surface area contributed by atoms with Crippen LogP contribution in [0.5, 0.6) is 0 Å².